The number of carbonyl (C=O) groups is 2. The summed E-state index contributed by atoms with van der Waals surface area (Å²) < 4.78 is 27.4. The number of nitrogens with one attached hydrogen (secondary N) is 2. The number of hydrogen-bond acceptors (Lipinski definition) is 3. The lowest BCUT2D eigenvalue weighted by Gasteiger charge is -2.21. The Morgan fingerprint density at radius 1 is 1.32 bits per heavy atom. The molecule has 0 radical (unpaired) electrons. The third-order valence-electron chi connectivity index (χ3n) is 4.10. The summed E-state index contributed by atoms with van der Waals surface area (Å²) in [5, 5.41) is 5.47. The number of fused-ring (bicyclic) bond motifs is 1. The van der Waals surface area contributed by atoms with E-state index in [4.69, 9.17) is 0 Å². The van der Waals surface area contributed by atoms with E-state index < -0.39 is 17.4 Å². The van der Waals surface area contributed by atoms with E-state index >= 15 is 0 Å². The Morgan fingerprint density at radius 3 is 2.80 bits per heavy atom. The molecule has 2 amide bonds. The van der Waals surface area contributed by atoms with Gasteiger partial charge in [-0.15, -0.1) is 0 Å². The number of rotatable bonds is 3. The minimum absolute atomic E-state index is 0.0426. The topological polar surface area (TPSA) is 71.1 Å². The maximum atomic E-state index is 13.7. The molecule has 1 aromatic carbocycles. The molecule has 1 aliphatic heterocycles. The number of anilines is 2. The number of nitrogens with zero attached hydrogens (tertiary/aromatic N) is 1. The van der Waals surface area contributed by atoms with Gasteiger partial charge in [-0.1, -0.05) is 0 Å². The molecule has 7 heteroatoms. The number of halogens is 2. The minimum atomic E-state index is -3.17. The van der Waals surface area contributed by atoms with Crippen molar-refractivity contribution in [1.29, 1.82) is 0 Å². The highest BCUT2D eigenvalue weighted by molar-refractivity contribution is 6.06. The van der Waals surface area contributed by atoms with Crippen molar-refractivity contribution in [2.24, 2.45) is 0 Å². The molecule has 3 rings (SSSR count). The Morgan fingerprint density at radius 2 is 2.08 bits per heavy atom. The van der Waals surface area contributed by atoms with Crippen LogP contribution in [0.3, 0.4) is 0 Å². The summed E-state index contributed by atoms with van der Waals surface area (Å²) in [6.45, 7) is 2.55. The molecule has 0 aliphatic carbocycles. The predicted octanol–water partition coefficient (Wildman–Crippen LogP) is 3.64. The van der Waals surface area contributed by atoms with E-state index in [9.17, 15) is 18.4 Å². The molecule has 0 spiro atoms. The summed E-state index contributed by atoms with van der Waals surface area (Å²) in [7, 11) is 0. The fourth-order valence-electron chi connectivity index (χ4n) is 2.90. The Kier molecular flexibility index (Phi) is 4.24. The molecule has 1 aromatic heterocycles. The third kappa shape index (κ3) is 3.50. The molecule has 0 bridgehead atoms. The van der Waals surface area contributed by atoms with Crippen LogP contribution in [0.1, 0.15) is 40.4 Å². The van der Waals surface area contributed by atoms with Gasteiger partial charge in [-0.3, -0.25) is 14.6 Å². The monoisotopic (exact) mass is 345 g/mol. The first kappa shape index (κ1) is 17.0. The SMILES string of the molecule is Cc1cc(NC(=O)c2ccncc2C(C)(F)F)cc2c1NC(=O)CC2. The van der Waals surface area contributed by atoms with Crippen LogP contribution in [0.25, 0.3) is 0 Å². The van der Waals surface area contributed by atoms with Gasteiger partial charge in [0.25, 0.3) is 11.8 Å². The molecule has 25 heavy (non-hydrogen) atoms. The molecule has 0 fully saturated rings. The van der Waals surface area contributed by atoms with Gasteiger partial charge < -0.3 is 10.6 Å². The van der Waals surface area contributed by atoms with Crippen molar-refractivity contribution in [3.63, 3.8) is 0 Å². The highest BCUT2D eigenvalue weighted by Crippen LogP contribution is 2.32. The zero-order chi connectivity index (χ0) is 18.2. The zero-order valence-corrected chi connectivity index (χ0v) is 13.8. The number of aryl methyl sites for hydroxylation is 2. The highest BCUT2D eigenvalue weighted by atomic mass is 19.3. The van der Waals surface area contributed by atoms with Crippen LogP contribution in [0.4, 0.5) is 20.2 Å². The van der Waals surface area contributed by atoms with Crippen molar-refractivity contribution in [3.05, 3.63) is 52.8 Å². The second-order valence-electron chi connectivity index (χ2n) is 6.14. The van der Waals surface area contributed by atoms with Gasteiger partial charge in [0.05, 0.1) is 11.1 Å². The van der Waals surface area contributed by atoms with Crippen LogP contribution in [0.2, 0.25) is 0 Å². The van der Waals surface area contributed by atoms with Gasteiger partial charge in [0.2, 0.25) is 5.91 Å². The van der Waals surface area contributed by atoms with E-state index in [1.807, 2.05) is 6.92 Å². The molecule has 0 unspecified atom stereocenters. The molecule has 0 atom stereocenters. The molecule has 130 valence electrons. The van der Waals surface area contributed by atoms with Crippen LogP contribution in [0, 0.1) is 6.92 Å². The van der Waals surface area contributed by atoms with Crippen molar-refractivity contribution in [2.75, 3.05) is 10.6 Å². The number of alkyl halides is 2. The smallest absolute Gasteiger partial charge is 0.272 e. The summed E-state index contributed by atoms with van der Waals surface area (Å²) in [5.74, 6) is -3.84. The van der Waals surface area contributed by atoms with Gasteiger partial charge in [0.15, 0.2) is 0 Å². The number of pyridine rings is 1. The summed E-state index contributed by atoms with van der Waals surface area (Å²) in [6.07, 6.45) is 3.25. The largest absolute Gasteiger partial charge is 0.326 e. The Labute approximate surface area is 143 Å². The Balaban J connectivity index is 1.90. The molecule has 2 heterocycles. The second kappa shape index (κ2) is 6.23. The lowest BCUT2D eigenvalue weighted by Crippen LogP contribution is -2.22. The van der Waals surface area contributed by atoms with Crippen molar-refractivity contribution < 1.29 is 18.4 Å². The van der Waals surface area contributed by atoms with Crippen LogP contribution in [0.5, 0.6) is 0 Å². The number of aromatic nitrogens is 1. The van der Waals surface area contributed by atoms with Crippen molar-refractivity contribution in [1.82, 2.24) is 4.98 Å². The molecular formula is C18H17F2N3O2. The normalized spacial score (nSPS) is 13.8. The van der Waals surface area contributed by atoms with Crippen molar-refractivity contribution in [3.8, 4) is 0 Å². The lowest BCUT2D eigenvalue weighted by molar-refractivity contribution is -0.116. The average molecular weight is 345 g/mol. The summed E-state index contributed by atoms with van der Waals surface area (Å²) >= 11 is 0. The van der Waals surface area contributed by atoms with Crippen LogP contribution < -0.4 is 10.6 Å². The molecule has 2 N–H and O–H groups in total. The van der Waals surface area contributed by atoms with Gasteiger partial charge in [-0.05, 0) is 42.7 Å². The van der Waals surface area contributed by atoms with Crippen LogP contribution in [0.15, 0.2) is 30.6 Å². The molecule has 2 aromatic rings. The first-order valence-corrected chi connectivity index (χ1v) is 7.83. The molecule has 5 nitrogen and oxygen atoms in total. The van der Waals surface area contributed by atoms with Gasteiger partial charge in [0.1, 0.15) is 0 Å². The standard InChI is InChI=1S/C18H17F2N3O2/c1-10-7-12(8-11-3-4-15(24)23-16(10)11)22-17(25)13-5-6-21-9-14(13)18(2,19)20/h5-9H,3-4H2,1-2H3,(H,22,25)(H,23,24). The number of hydrogen-bond donors (Lipinski definition) is 2. The molecular weight excluding hydrogens is 328 g/mol. The van der Waals surface area contributed by atoms with Gasteiger partial charge >= 0.3 is 0 Å². The first-order valence-electron chi connectivity index (χ1n) is 7.83. The molecule has 1 aliphatic rings. The van der Waals surface area contributed by atoms with E-state index in [0.717, 1.165) is 29.9 Å². The lowest BCUT2D eigenvalue weighted by atomic mass is 9.98. The number of benzene rings is 1. The second-order valence-corrected chi connectivity index (χ2v) is 6.14. The average Bonchev–Trinajstić information content (AvgIpc) is 2.55. The number of carbonyl (C=O) groups excluding carboxylic acids is 2. The summed E-state index contributed by atoms with van der Waals surface area (Å²) in [4.78, 5) is 27.7. The maximum absolute atomic E-state index is 13.7. The zero-order valence-electron chi connectivity index (χ0n) is 13.8. The van der Waals surface area contributed by atoms with Gasteiger partial charge in [0, 0.05) is 37.1 Å². The molecule has 0 saturated carbocycles. The van der Waals surface area contributed by atoms with Gasteiger partial charge in [-0.2, -0.15) is 0 Å². The van der Waals surface area contributed by atoms with E-state index in [2.05, 4.69) is 15.6 Å². The van der Waals surface area contributed by atoms with E-state index in [-0.39, 0.29) is 11.5 Å². The summed E-state index contributed by atoms with van der Waals surface area (Å²) in [5.41, 5.74) is 2.42. The van der Waals surface area contributed by atoms with Crippen LogP contribution in [-0.4, -0.2) is 16.8 Å². The van der Waals surface area contributed by atoms with Crippen molar-refractivity contribution >= 4 is 23.2 Å². The van der Waals surface area contributed by atoms with Crippen LogP contribution >= 0.6 is 0 Å². The first-order chi connectivity index (χ1) is 11.8. The fraction of sp³-hybridized carbons (Fsp3) is 0.278. The van der Waals surface area contributed by atoms with E-state index in [1.54, 1.807) is 12.1 Å². The predicted molar refractivity (Wildman–Crippen MR) is 89.9 cm³/mol. The highest BCUT2D eigenvalue weighted by Gasteiger charge is 2.30. The van der Waals surface area contributed by atoms with Crippen molar-refractivity contribution in [2.45, 2.75) is 32.6 Å². The maximum Gasteiger partial charge on any atom is 0.272 e. The summed E-state index contributed by atoms with van der Waals surface area (Å²) in [6, 6.07) is 4.73. The third-order valence-corrected chi connectivity index (χ3v) is 4.10. The Hall–Kier alpha value is -2.83. The molecule has 0 saturated heterocycles. The quantitative estimate of drug-likeness (QED) is 0.892. The number of amides is 2. The van der Waals surface area contributed by atoms with Crippen LogP contribution in [-0.2, 0) is 17.1 Å². The van der Waals surface area contributed by atoms with E-state index in [1.165, 1.54) is 12.3 Å². The fourth-order valence-corrected chi connectivity index (χ4v) is 2.90. The van der Waals surface area contributed by atoms with Gasteiger partial charge in [-0.25, -0.2) is 8.78 Å². The Bertz CT molecular complexity index is 860. The minimum Gasteiger partial charge on any atom is -0.326 e. The van der Waals surface area contributed by atoms with E-state index in [0.29, 0.717) is 18.5 Å².